The molecular formula is C47H86N18O13. The molecule has 31 heteroatoms. The summed E-state index contributed by atoms with van der Waals surface area (Å²) in [6, 6.07) is -11.3. The summed E-state index contributed by atoms with van der Waals surface area (Å²) in [4.78, 5) is 144. The van der Waals surface area contributed by atoms with E-state index in [1.54, 1.807) is 0 Å². The lowest BCUT2D eigenvalue weighted by atomic mass is 10.0. The van der Waals surface area contributed by atoms with Crippen molar-refractivity contribution in [2.75, 3.05) is 39.3 Å². The number of nitrogens with two attached hydrogens (primary N) is 7. The van der Waals surface area contributed by atoms with E-state index in [2.05, 4.69) is 57.5 Å². The number of nitrogens with one attached hydrogen (secondary N) is 9. The third-order valence-corrected chi connectivity index (χ3v) is 12.0. The van der Waals surface area contributed by atoms with Crippen LogP contribution < -0.4 is 82.7 Å². The van der Waals surface area contributed by atoms with Crippen LogP contribution in [0.4, 0.5) is 0 Å². The Balaban J connectivity index is 3.48. The first-order chi connectivity index (χ1) is 37.1. The van der Waals surface area contributed by atoms with Crippen molar-refractivity contribution in [3.05, 3.63) is 18.2 Å². The SMILES string of the molecule is C[C@@H](O)[C@H](NC(=O)[C@H](CCCCN)NC(=O)[C@H](CCC(=O)O)NC(=O)[C@H](CCCN=C(N)N)NC(=O)[C@H](CCCCN)NC(=O)[C@@H](N)CCCCN)C(=O)N[C@@H](Cc1cnc[nH]1)C(=O)NCC(=O)N[C@@H](CCCCN)C(=O)O. The number of carbonyl (C=O) groups is 10. The van der Waals surface area contributed by atoms with Crippen molar-refractivity contribution < 1.29 is 63.3 Å². The fourth-order valence-electron chi connectivity index (χ4n) is 7.60. The molecule has 442 valence electrons. The Kier molecular flexibility index (Phi) is 34.8. The number of aliphatic hydroxyl groups is 1. The van der Waals surface area contributed by atoms with Crippen LogP contribution in [0.15, 0.2) is 17.5 Å². The molecule has 0 aromatic carbocycles. The standard InChI is InChI=1S/C47H86N18O13/c1-27(66)38(45(76)64-35(23-28-24-55-26-58-28)40(71)57-25-36(67)59-34(46(77)78)14-5-9-21-51)65-44(75)31(13-4-8-20-50)61-43(74)33(16-17-37(68)69)63-42(73)32(15-10-22-56-47(53)54)62-41(72)30(12-3-7-19-49)60-39(70)29(52)11-2-6-18-48/h24,26-27,29-35,38,66H,2-23,25,48-52H2,1H3,(H,55,58)(H,57,71)(H,59,67)(H,60,70)(H,61,74)(H,62,72)(H,63,73)(H,64,76)(H,65,75)(H,68,69)(H,77,78)(H4,53,54,56)/t27-,29+,30+,31+,32+,33+,34+,35+,38+/m1/s1. The second kappa shape index (κ2) is 39.3. The second-order valence-electron chi connectivity index (χ2n) is 18.6. The number of aromatic nitrogens is 2. The van der Waals surface area contributed by atoms with Gasteiger partial charge in [-0.2, -0.15) is 0 Å². The minimum Gasteiger partial charge on any atom is -0.481 e. The van der Waals surface area contributed by atoms with Gasteiger partial charge in [-0.3, -0.25) is 48.1 Å². The lowest BCUT2D eigenvalue weighted by Crippen LogP contribution is -2.61. The van der Waals surface area contributed by atoms with Gasteiger partial charge in [-0.1, -0.05) is 6.42 Å². The molecule has 1 rings (SSSR count). The number of H-pyrrole nitrogens is 1. The molecule has 1 aromatic heterocycles. The number of rotatable bonds is 43. The van der Waals surface area contributed by atoms with Crippen LogP contribution in [0.25, 0.3) is 0 Å². The first kappa shape index (κ1) is 69.0. The highest BCUT2D eigenvalue weighted by Crippen LogP contribution is 2.11. The van der Waals surface area contributed by atoms with E-state index >= 15 is 0 Å². The van der Waals surface area contributed by atoms with E-state index in [-0.39, 0.29) is 77.0 Å². The average molecular weight is 1110 g/mol. The Morgan fingerprint density at radius 2 is 1.01 bits per heavy atom. The predicted molar refractivity (Wildman–Crippen MR) is 285 cm³/mol. The molecule has 26 N–H and O–H groups in total. The molecule has 0 aliphatic heterocycles. The minimum absolute atomic E-state index is 0.00813. The summed E-state index contributed by atoms with van der Waals surface area (Å²) < 4.78 is 0. The Bertz CT molecular complexity index is 2060. The summed E-state index contributed by atoms with van der Waals surface area (Å²) in [6.07, 6.45) is 3.50. The van der Waals surface area contributed by atoms with Crippen LogP contribution >= 0.6 is 0 Å². The Morgan fingerprint density at radius 3 is 1.46 bits per heavy atom. The van der Waals surface area contributed by atoms with E-state index in [9.17, 15) is 63.3 Å². The molecule has 0 unspecified atom stereocenters. The molecule has 0 bridgehead atoms. The van der Waals surface area contributed by atoms with E-state index in [4.69, 9.17) is 40.1 Å². The number of aromatic amines is 1. The first-order valence-electron chi connectivity index (χ1n) is 26.2. The number of hydrogen-bond donors (Lipinski definition) is 19. The monoisotopic (exact) mass is 1110 g/mol. The van der Waals surface area contributed by atoms with Gasteiger partial charge in [-0.15, -0.1) is 0 Å². The molecule has 0 saturated carbocycles. The topological polar surface area (TPSA) is 551 Å². The molecule has 0 aliphatic carbocycles. The summed E-state index contributed by atoms with van der Waals surface area (Å²) in [5.41, 5.74) is 39.8. The van der Waals surface area contributed by atoms with Crippen LogP contribution in [-0.2, 0) is 54.4 Å². The van der Waals surface area contributed by atoms with E-state index in [1.807, 2.05) is 0 Å². The molecule has 31 nitrogen and oxygen atoms in total. The molecule has 0 aliphatic rings. The van der Waals surface area contributed by atoms with Gasteiger partial charge < -0.3 is 103 Å². The third kappa shape index (κ3) is 28.9. The molecule has 1 heterocycles. The van der Waals surface area contributed by atoms with Gasteiger partial charge in [0, 0.05) is 31.3 Å². The summed E-state index contributed by atoms with van der Waals surface area (Å²) in [7, 11) is 0. The number of aliphatic hydroxyl groups excluding tert-OH is 1. The number of aliphatic imine (C=N–C) groups is 1. The van der Waals surface area contributed by atoms with Crippen molar-refractivity contribution in [1.82, 2.24) is 52.5 Å². The van der Waals surface area contributed by atoms with Gasteiger partial charge in [0.05, 0.1) is 25.0 Å². The number of carboxylic acids is 2. The van der Waals surface area contributed by atoms with E-state index in [0.29, 0.717) is 63.7 Å². The quantitative estimate of drug-likeness (QED) is 0.0164. The Hall–Kier alpha value is -7.06. The molecule has 0 saturated heterocycles. The second-order valence-corrected chi connectivity index (χ2v) is 18.6. The zero-order valence-electron chi connectivity index (χ0n) is 44.5. The van der Waals surface area contributed by atoms with Crippen molar-refractivity contribution in [2.24, 2.45) is 45.1 Å². The predicted octanol–water partition coefficient (Wildman–Crippen LogP) is -6.31. The third-order valence-electron chi connectivity index (χ3n) is 12.0. The van der Waals surface area contributed by atoms with Gasteiger partial charge >= 0.3 is 11.9 Å². The highest BCUT2D eigenvalue weighted by Gasteiger charge is 2.35. The number of unbranched alkanes of at least 4 members (excludes halogenated alkanes) is 4. The number of nitrogens with zero attached hydrogens (tertiary/aromatic N) is 2. The van der Waals surface area contributed by atoms with Gasteiger partial charge in [-0.05, 0) is 123 Å². The van der Waals surface area contributed by atoms with Gasteiger partial charge in [0.25, 0.3) is 0 Å². The summed E-state index contributed by atoms with van der Waals surface area (Å²) >= 11 is 0. The molecular weight excluding hydrogens is 1020 g/mol. The molecule has 0 radical (unpaired) electrons. The van der Waals surface area contributed by atoms with E-state index < -0.39 is 133 Å². The van der Waals surface area contributed by atoms with Crippen LogP contribution in [-0.4, -0.2) is 184 Å². The zero-order valence-corrected chi connectivity index (χ0v) is 44.5. The van der Waals surface area contributed by atoms with Crippen LogP contribution in [0, 0.1) is 0 Å². The van der Waals surface area contributed by atoms with Gasteiger partial charge in [0.1, 0.15) is 42.3 Å². The van der Waals surface area contributed by atoms with Crippen LogP contribution in [0.1, 0.15) is 115 Å². The molecule has 1 aromatic rings. The number of imidazole rings is 1. The fourth-order valence-corrected chi connectivity index (χ4v) is 7.60. The Morgan fingerprint density at radius 1 is 0.564 bits per heavy atom. The summed E-state index contributed by atoms with van der Waals surface area (Å²) in [6.45, 7) is 1.64. The summed E-state index contributed by atoms with van der Waals surface area (Å²) in [5, 5.41) is 49.8. The van der Waals surface area contributed by atoms with E-state index in [1.165, 1.54) is 12.5 Å². The highest BCUT2D eigenvalue weighted by atomic mass is 16.4. The van der Waals surface area contributed by atoms with Crippen LogP contribution in [0.2, 0.25) is 0 Å². The van der Waals surface area contributed by atoms with Crippen LogP contribution in [0.5, 0.6) is 0 Å². The number of carbonyl (C=O) groups excluding carboxylic acids is 8. The van der Waals surface area contributed by atoms with Crippen molar-refractivity contribution in [3.8, 4) is 0 Å². The fraction of sp³-hybridized carbons (Fsp3) is 0.702. The van der Waals surface area contributed by atoms with Crippen molar-refractivity contribution in [1.29, 1.82) is 0 Å². The number of amides is 8. The average Bonchev–Trinajstić information content (AvgIpc) is 3.91. The van der Waals surface area contributed by atoms with Crippen molar-refractivity contribution in [2.45, 2.75) is 171 Å². The molecule has 78 heavy (non-hydrogen) atoms. The maximum Gasteiger partial charge on any atom is 0.326 e. The number of carboxylic acid groups (broad SMARTS) is 2. The van der Waals surface area contributed by atoms with Gasteiger partial charge in [0.2, 0.25) is 47.3 Å². The molecule has 8 amide bonds. The maximum absolute atomic E-state index is 14.2. The van der Waals surface area contributed by atoms with Gasteiger partial charge in [0.15, 0.2) is 5.96 Å². The minimum atomic E-state index is -1.79. The molecule has 9 atom stereocenters. The largest absolute Gasteiger partial charge is 0.481 e. The lowest BCUT2D eigenvalue weighted by molar-refractivity contribution is -0.142. The smallest absolute Gasteiger partial charge is 0.326 e. The number of guanidine groups is 1. The lowest BCUT2D eigenvalue weighted by Gasteiger charge is -2.28. The first-order valence-corrected chi connectivity index (χ1v) is 26.2. The molecule has 0 fully saturated rings. The maximum atomic E-state index is 14.2. The van der Waals surface area contributed by atoms with E-state index in [0.717, 1.165) is 6.92 Å². The van der Waals surface area contributed by atoms with Crippen LogP contribution in [0.3, 0.4) is 0 Å². The normalized spacial score (nSPS) is 14.5. The van der Waals surface area contributed by atoms with Gasteiger partial charge in [-0.25, -0.2) is 9.78 Å². The summed E-state index contributed by atoms with van der Waals surface area (Å²) in [5.74, 6) is -10.2. The number of hydrogen-bond acceptors (Lipinski definition) is 18. The Labute approximate surface area is 453 Å². The van der Waals surface area contributed by atoms with Crippen molar-refractivity contribution >= 4 is 65.2 Å². The zero-order chi connectivity index (χ0) is 58.6. The van der Waals surface area contributed by atoms with Crippen molar-refractivity contribution in [3.63, 3.8) is 0 Å². The highest BCUT2D eigenvalue weighted by molar-refractivity contribution is 5.98. The number of aliphatic carboxylic acids is 2. The molecule has 0 spiro atoms.